The zero-order valence-corrected chi connectivity index (χ0v) is 22.7. The molecular weight excluding hydrogens is 524 g/mol. The first-order chi connectivity index (χ1) is 19.7. The Morgan fingerprint density at radius 3 is 2.59 bits per heavy atom. The van der Waals surface area contributed by atoms with Crippen LogP contribution in [0.1, 0.15) is 35.2 Å². The first kappa shape index (κ1) is 25.7. The van der Waals surface area contributed by atoms with Crippen molar-refractivity contribution in [2.24, 2.45) is 11.7 Å². The molecule has 0 spiro atoms. The third-order valence-corrected chi connectivity index (χ3v) is 8.41. The average molecular weight is 556 g/mol. The highest BCUT2D eigenvalue weighted by Crippen LogP contribution is 2.38. The molecule has 1 aliphatic heterocycles. The van der Waals surface area contributed by atoms with E-state index in [1.54, 1.807) is 22.8 Å². The average Bonchev–Trinajstić information content (AvgIpc) is 3.63. The summed E-state index contributed by atoms with van der Waals surface area (Å²) in [5.41, 5.74) is 12.7. The van der Waals surface area contributed by atoms with Crippen LogP contribution in [0.15, 0.2) is 60.8 Å². The van der Waals surface area contributed by atoms with E-state index in [1.165, 1.54) is 29.9 Å². The molecule has 0 bridgehead atoms. The molecular formula is C32H31F2N5O2. The van der Waals surface area contributed by atoms with Gasteiger partial charge in [-0.15, -0.1) is 0 Å². The molecule has 2 fully saturated rings. The Labute approximate surface area is 235 Å². The zero-order valence-electron chi connectivity index (χ0n) is 22.7. The standard InChI is InChI=1S/C32H31F2N5O2/c1-18-27-8-6-23(32(41)37-16-24(33)13-25(35)17-37)15-39(27)36-31(18)29-12-22-5-4-21(20-7-9-30(40)26(34)10-20)11-28(22)38(29)14-19-2-3-19/h4-12,15,19,24-25,40H,2-3,13-14,16-17,35H2,1H3/t24-,25-/m1/s1. The van der Waals surface area contributed by atoms with Gasteiger partial charge in [0.2, 0.25) is 0 Å². The van der Waals surface area contributed by atoms with Crippen molar-refractivity contribution in [2.45, 2.75) is 44.9 Å². The van der Waals surface area contributed by atoms with Crippen molar-refractivity contribution in [3.63, 3.8) is 0 Å². The molecule has 2 aliphatic rings. The SMILES string of the molecule is Cc1c(-c2cc3ccc(-c4ccc(O)c(F)c4)cc3n2CC2CC2)nn2cc(C(=O)N3C[C@H](N)C[C@@H](F)C3)ccc12. The lowest BCUT2D eigenvalue weighted by Gasteiger charge is -2.32. The Bertz CT molecular complexity index is 1810. The van der Waals surface area contributed by atoms with Gasteiger partial charge in [0.25, 0.3) is 5.91 Å². The van der Waals surface area contributed by atoms with Gasteiger partial charge in [0.15, 0.2) is 11.6 Å². The number of nitrogens with zero attached hydrogens (tertiary/aromatic N) is 4. The molecule has 41 heavy (non-hydrogen) atoms. The van der Waals surface area contributed by atoms with E-state index in [9.17, 15) is 18.7 Å². The van der Waals surface area contributed by atoms with Crippen molar-refractivity contribution >= 4 is 22.3 Å². The summed E-state index contributed by atoms with van der Waals surface area (Å²) in [6.07, 6.45) is 3.22. The Balaban J connectivity index is 1.30. The van der Waals surface area contributed by atoms with Gasteiger partial charge < -0.3 is 20.3 Å². The summed E-state index contributed by atoms with van der Waals surface area (Å²) >= 11 is 0. The maximum absolute atomic E-state index is 14.1. The number of pyridine rings is 1. The number of aryl methyl sites for hydroxylation is 1. The van der Waals surface area contributed by atoms with E-state index in [0.717, 1.165) is 45.5 Å². The molecule has 1 aliphatic carbocycles. The van der Waals surface area contributed by atoms with E-state index in [4.69, 9.17) is 10.8 Å². The lowest BCUT2D eigenvalue weighted by molar-refractivity contribution is 0.0606. The number of amides is 1. The number of carbonyl (C=O) groups is 1. The second-order valence-electron chi connectivity index (χ2n) is 11.5. The molecule has 4 heterocycles. The summed E-state index contributed by atoms with van der Waals surface area (Å²) in [7, 11) is 0. The number of nitrogens with two attached hydrogens (primary N) is 1. The zero-order chi connectivity index (χ0) is 28.4. The van der Waals surface area contributed by atoms with Crippen LogP contribution >= 0.6 is 0 Å². The highest BCUT2D eigenvalue weighted by Gasteiger charge is 2.29. The first-order valence-corrected chi connectivity index (χ1v) is 14.1. The maximum Gasteiger partial charge on any atom is 0.255 e. The maximum atomic E-state index is 14.1. The van der Waals surface area contributed by atoms with Gasteiger partial charge in [-0.3, -0.25) is 4.79 Å². The van der Waals surface area contributed by atoms with E-state index in [1.807, 2.05) is 25.1 Å². The predicted molar refractivity (Wildman–Crippen MR) is 154 cm³/mol. The normalized spacial score (nSPS) is 19.4. The van der Waals surface area contributed by atoms with E-state index in [-0.39, 0.29) is 30.7 Å². The molecule has 0 unspecified atom stereocenters. The minimum atomic E-state index is -1.12. The van der Waals surface area contributed by atoms with Gasteiger partial charge in [0.05, 0.1) is 23.3 Å². The Kier molecular flexibility index (Phi) is 6.08. The van der Waals surface area contributed by atoms with Crippen molar-refractivity contribution in [2.75, 3.05) is 13.1 Å². The predicted octanol–water partition coefficient (Wildman–Crippen LogP) is 5.70. The van der Waals surface area contributed by atoms with E-state index < -0.39 is 12.0 Å². The number of halogens is 2. The number of alkyl halides is 1. The molecule has 9 heteroatoms. The number of benzene rings is 2. The van der Waals surface area contributed by atoms with Crippen LogP contribution in [0.5, 0.6) is 5.75 Å². The topological polar surface area (TPSA) is 88.8 Å². The molecule has 3 aromatic heterocycles. The molecule has 2 aromatic carbocycles. The summed E-state index contributed by atoms with van der Waals surface area (Å²) in [4.78, 5) is 14.7. The molecule has 1 saturated carbocycles. The number of piperidine rings is 1. The van der Waals surface area contributed by atoms with Crippen molar-refractivity contribution in [3.05, 3.63) is 77.7 Å². The minimum Gasteiger partial charge on any atom is -0.505 e. The van der Waals surface area contributed by atoms with Gasteiger partial charge in [-0.25, -0.2) is 13.3 Å². The first-order valence-electron chi connectivity index (χ1n) is 14.1. The Morgan fingerprint density at radius 2 is 1.83 bits per heavy atom. The molecule has 1 saturated heterocycles. The van der Waals surface area contributed by atoms with Gasteiger partial charge in [-0.05, 0) is 79.6 Å². The van der Waals surface area contributed by atoms with Crippen LogP contribution < -0.4 is 5.73 Å². The molecule has 1 amide bonds. The van der Waals surface area contributed by atoms with Crippen LogP contribution in [0, 0.1) is 18.7 Å². The van der Waals surface area contributed by atoms with Crippen LogP contribution in [-0.2, 0) is 6.54 Å². The summed E-state index contributed by atoms with van der Waals surface area (Å²) in [5.74, 6) is -0.675. The third-order valence-electron chi connectivity index (χ3n) is 8.41. The quantitative estimate of drug-likeness (QED) is 0.291. The van der Waals surface area contributed by atoms with Gasteiger partial charge in [-0.2, -0.15) is 5.10 Å². The van der Waals surface area contributed by atoms with Gasteiger partial charge >= 0.3 is 0 Å². The molecule has 3 N–H and O–H groups in total. The van der Waals surface area contributed by atoms with Crippen LogP contribution in [0.25, 0.3) is 38.9 Å². The van der Waals surface area contributed by atoms with Crippen molar-refractivity contribution in [1.29, 1.82) is 0 Å². The van der Waals surface area contributed by atoms with Gasteiger partial charge in [0, 0.05) is 41.8 Å². The number of phenols is 1. The Hall–Kier alpha value is -4.24. The highest BCUT2D eigenvalue weighted by atomic mass is 19.1. The van der Waals surface area contributed by atoms with Crippen LogP contribution in [0.2, 0.25) is 0 Å². The fraction of sp³-hybridized carbons (Fsp3) is 0.312. The number of carbonyl (C=O) groups excluding carboxylic acids is 1. The van der Waals surface area contributed by atoms with Gasteiger partial charge in [-0.1, -0.05) is 18.2 Å². The largest absolute Gasteiger partial charge is 0.505 e. The second kappa shape index (κ2) is 9.69. The minimum absolute atomic E-state index is 0.0496. The summed E-state index contributed by atoms with van der Waals surface area (Å²) in [6.45, 7) is 3.26. The van der Waals surface area contributed by atoms with Crippen molar-refractivity contribution in [1.82, 2.24) is 19.1 Å². The molecule has 7 rings (SSSR count). The number of rotatable bonds is 5. The fourth-order valence-corrected chi connectivity index (χ4v) is 6.04. The number of fused-ring (bicyclic) bond motifs is 2. The smallest absolute Gasteiger partial charge is 0.255 e. The van der Waals surface area contributed by atoms with E-state index in [0.29, 0.717) is 23.6 Å². The lowest BCUT2D eigenvalue weighted by atomic mass is 10.0. The van der Waals surface area contributed by atoms with Crippen LogP contribution in [-0.4, -0.2) is 55.4 Å². The molecule has 210 valence electrons. The monoisotopic (exact) mass is 555 g/mol. The van der Waals surface area contributed by atoms with Crippen molar-refractivity contribution in [3.8, 4) is 28.3 Å². The molecule has 0 radical (unpaired) electrons. The number of phenolic OH excluding ortho intramolecular Hbond substituents is 1. The van der Waals surface area contributed by atoms with Gasteiger partial charge in [0.1, 0.15) is 11.9 Å². The summed E-state index contributed by atoms with van der Waals surface area (Å²) in [6, 6.07) is 15.9. The number of hydrogen-bond acceptors (Lipinski definition) is 4. The van der Waals surface area contributed by atoms with E-state index >= 15 is 0 Å². The molecule has 2 atom stereocenters. The summed E-state index contributed by atoms with van der Waals surface area (Å²) in [5, 5.41) is 15.6. The number of aromatic nitrogens is 3. The van der Waals surface area contributed by atoms with Crippen LogP contribution in [0.3, 0.4) is 0 Å². The summed E-state index contributed by atoms with van der Waals surface area (Å²) < 4.78 is 32.3. The number of likely N-dealkylation sites (tertiary alicyclic amines) is 1. The molecule has 5 aromatic rings. The highest BCUT2D eigenvalue weighted by molar-refractivity contribution is 5.95. The second-order valence-corrected chi connectivity index (χ2v) is 11.5. The lowest BCUT2D eigenvalue weighted by Crippen LogP contribution is -2.50. The number of aromatic hydroxyl groups is 1. The fourth-order valence-electron chi connectivity index (χ4n) is 6.04. The Morgan fingerprint density at radius 1 is 1.05 bits per heavy atom. The third kappa shape index (κ3) is 4.64. The molecule has 7 nitrogen and oxygen atoms in total. The van der Waals surface area contributed by atoms with E-state index in [2.05, 4.69) is 16.7 Å². The number of hydrogen-bond donors (Lipinski definition) is 2. The van der Waals surface area contributed by atoms with Crippen LogP contribution in [0.4, 0.5) is 8.78 Å². The van der Waals surface area contributed by atoms with Crippen molar-refractivity contribution < 1.29 is 18.7 Å².